The first kappa shape index (κ1) is 28.0. The first-order chi connectivity index (χ1) is 18.3. The lowest BCUT2D eigenvalue weighted by Crippen LogP contribution is -2.56. The van der Waals surface area contributed by atoms with E-state index in [0.29, 0.717) is 18.4 Å². The normalized spacial score (nSPS) is 28.9. The average molecular weight is 566 g/mol. The Morgan fingerprint density at radius 3 is 2.56 bits per heavy atom. The third-order valence-electron chi connectivity index (χ3n) is 8.10. The molecule has 203 valence electrons. The fourth-order valence-electron chi connectivity index (χ4n) is 5.77. The average Bonchev–Trinajstić information content (AvgIpc) is 3.64. The highest BCUT2D eigenvalue weighted by molar-refractivity contribution is 8.17. The topological polar surface area (TPSA) is 132 Å². The molecule has 1 aromatic heterocycles. The Bertz CT molecular complexity index is 1440. The van der Waals surface area contributed by atoms with Gasteiger partial charge in [0.1, 0.15) is 21.8 Å². The molecular formula is C25H30B2N5O5S2. The number of rotatable bonds is 6. The van der Waals surface area contributed by atoms with E-state index in [0.717, 1.165) is 20.4 Å². The van der Waals surface area contributed by atoms with Crippen molar-refractivity contribution in [3.8, 4) is 10.4 Å². The van der Waals surface area contributed by atoms with E-state index < -0.39 is 44.9 Å². The smallest absolute Gasteiger partial charge is 0.257 e. The molecule has 10 nitrogen and oxygen atoms in total. The second kappa shape index (κ2) is 9.83. The number of hydrogen-bond donors (Lipinski definition) is 2. The van der Waals surface area contributed by atoms with Crippen LogP contribution in [-0.2, 0) is 25.0 Å². The molecule has 2 N–H and O–H groups in total. The van der Waals surface area contributed by atoms with Crippen LogP contribution in [0.15, 0.2) is 34.8 Å². The van der Waals surface area contributed by atoms with Crippen LogP contribution in [0.3, 0.4) is 0 Å². The number of aliphatic hydroxyl groups excluding tert-OH is 1. The number of hydrogen-bond acceptors (Lipinski definition) is 8. The quantitative estimate of drug-likeness (QED) is 0.501. The lowest BCUT2D eigenvalue weighted by atomic mass is 9.79. The number of aromatic nitrogens is 1. The first-order valence-electron chi connectivity index (χ1n) is 12.8. The van der Waals surface area contributed by atoms with Gasteiger partial charge in [-0.1, -0.05) is 38.1 Å². The summed E-state index contributed by atoms with van der Waals surface area (Å²) in [7, 11) is 1.44. The molecule has 14 heteroatoms. The van der Waals surface area contributed by atoms with Crippen molar-refractivity contribution in [1.29, 1.82) is 0 Å². The lowest BCUT2D eigenvalue weighted by molar-refractivity contribution is -0.137. The van der Waals surface area contributed by atoms with Crippen LogP contribution in [0.5, 0.6) is 0 Å². The van der Waals surface area contributed by atoms with Crippen molar-refractivity contribution in [2.45, 2.75) is 64.3 Å². The molecule has 5 rings (SSSR count). The molecule has 3 aliphatic heterocycles. The van der Waals surface area contributed by atoms with Crippen LogP contribution in [0.25, 0.3) is 10.4 Å². The van der Waals surface area contributed by atoms with Crippen LogP contribution in [0.4, 0.5) is 0 Å². The van der Waals surface area contributed by atoms with Crippen molar-refractivity contribution < 1.29 is 23.1 Å². The van der Waals surface area contributed by atoms with Gasteiger partial charge in [0, 0.05) is 27.2 Å². The van der Waals surface area contributed by atoms with E-state index in [2.05, 4.69) is 10.3 Å². The molecule has 0 aliphatic carbocycles. The number of amidine groups is 1. The van der Waals surface area contributed by atoms with Crippen molar-refractivity contribution in [2.24, 2.45) is 10.4 Å². The number of nitrogens with zero attached hydrogens (tertiary/aromatic N) is 4. The van der Waals surface area contributed by atoms with Gasteiger partial charge < -0.3 is 15.3 Å². The molecule has 1 aromatic carbocycles. The Morgan fingerprint density at radius 1 is 1.26 bits per heavy atom. The monoisotopic (exact) mass is 566 g/mol. The molecular weight excluding hydrogens is 536 g/mol. The van der Waals surface area contributed by atoms with Crippen molar-refractivity contribution in [3.05, 3.63) is 41.0 Å². The molecule has 2 amide bonds. The molecule has 0 bridgehead atoms. The predicted molar refractivity (Wildman–Crippen MR) is 151 cm³/mol. The number of likely N-dealkylation sites (tertiary alicyclic amines) is 1. The van der Waals surface area contributed by atoms with Gasteiger partial charge in [-0.25, -0.2) is 18.4 Å². The Morgan fingerprint density at radius 2 is 1.95 bits per heavy atom. The number of benzene rings is 1. The van der Waals surface area contributed by atoms with Gasteiger partial charge in [-0.05, 0) is 36.8 Å². The largest absolute Gasteiger partial charge is 0.391 e. The van der Waals surface area contributed by atoms with E-state index in [1.165, 1.54) is 4.90 Å². The first-order valence-corrected chi connectivity index (χ1v) is 15.1. The molecule has 2 fully saturated rings. The van der Waals surface area contributed by atoms with Gasteiger partial charge in [-0.15, -0.1) is 11.3 Å². The van der Waals surface area contributed by atoms with Crippen LogP contribution < -0.4 is 5.32 Å². The zero-order valence-corrected chi connectivity index (χ0v) is 23.9. The van der Waals surface area contributed by atoms with Gasteiger partial charge in [0.2, 0.25) is 12.4 Å². The molecule has 2 aromatic rings. The van der Waals surface area contributed by atoms with Crippen LogP contribution in [-0.4, -0.2) is 90.8 Å². The van der Waals surface area contributed by atoms with Crippen LogP contribution in [0.1, 0.15) is 44.9 Å². The van der Waals surface area contributed by atoms with Gasteiger partial charge in [-0.2, -0.15) is 4.31 Å². The zero-order valence-electron chi connectivity index (χ0n) is 22.3. The maximum Gasteiger partial charge on any atom is 0.257 e. The Hall–Kier alpha value is -2.54. The standard InChI is InChI=1S/C25H30B2N5O5S2/c1-14-19(38-13-28-14)15-5-7-16(8-6-15)25(4)23(35)29-21(30-25)18-11-17(33)12-31(18)22(34)20-24(2,3)9-10-32(20)39(36,37)27-26/h5-8,13,17-18,20,33H,9-12H2,1-4H3,(H,29,30,35)/t17-,18?,20?,25+/m1/s1. The molecule has 0 spiro atoms. The minimum Gasteiger partial charge on any atom is -0.391 e. The number of amides is 2. The lowest BCUT2D eigenvalue weighted by Gasteiger charge is -2.36. The van der Waals surface area contributed by atoms with Crippen molar-refractivity contribution in [2.75, 3.05) is 13.1 Å². The fourth-order valence-corrected chi connectivity index (χ4v) is 7.76. The number of aliphatic hydroxyl groups is 1. The summed E-state index contributed by atoms with van der Waals surface area (Å²) in [6.45, 7) is 7.50. The second-order valence-corrected chi connectivity index (χ2v) is 13.8. The Labute approximate surface area is 234 Å². The number of β-amino-alcohol motifs (C(OH)–C–C–N with tert-alkyl or cyclic N) is 1. The highest BCUT2D eigenvalue weighted by atomic mass is 32.2. The number of carbonyl (C=O) groups is 2. The summed E-state index contributed by atoms with van der Waals surface area (Å²) in [5.74, 6) is -0.499. The van der Waals surface area contributed by atoms with Crippen LogP contribution >= 0.6 is 11.3 Å². The van der Waals surface area contributed by atoms with E-state index in [9.17, 15) is 23.1 Å². The molecule has 4 atom stereocenters. The molecule has 39 heavy (non-hydrogen) atoms. The number of carbonyl (C=O) groups excluding carboxylic acids is 2. The summed E-state index contributed by atoms with van der Waals surface area (Å²) in [6.07, 6.45) is 0.416. The summed E-state index contributed by atoms with van der Waals surface area (Å²) in [5, 5.41) is 13.4. The van der Waals surface area contributed by atoms with Crippen LogP contribution in [0.2, 0.25) is 0 Å². The number of nitrogens with one attached hydrogen (secondary N) is 1. The second-order valence-electron chi connectivity index (χ2n) is 11.2. The molecule has 2 unspecified atom stereocenters. The van der Waals surface area contributed by atoms with Crippen LogP contribution in [0, 0.1) is 12.3 Å². The van der Waals surface area contributed by atoms with Gasteiger partial charge in [0.15, 0.2) is 5.54 Å². The van der Waals surface area contributed by atoms with Crippen molar-refractivity contribution in [1.82, 2.24) is 19.5 Å². The summed E-state index contributed by atoms with van der Waals surface area (Å²) < 4.78 is 26.5. The summed E-state index contributed by atoms with van der Waals surface area (Å²) in [6, 6.07) is 5.88. The van der Waals surface area contributed by atoms with Gasteiger partial charge >= 0.3 is 0 Å². The summed E-state index contributed by atoms with van der Waals surface area (Å²) in [5.41, 5.74) is 2.52. The fraction of sp³-hybridized carbons (Fsp3) is 0.520. The molecule has 3 aliphatic rings. The highest BCUT2D eigenvalue weighted by Crippen LogP contribution is 2.40. The number of aryl methyl sites for hydroxylation is 1. The summed E-state index contributed by atoms with van der Waals surface area (Å²) in [4.78, 5) is 38.7. The third-order valence-corrected chi connectivity index (χ3v) is 10.5. The SMILES string of the molecule is [B][B]S(=O)(=O)N1CCC(C)(C)C1C(=O)N1C[C@H](O)CC1C1=N[C@@](C)(c2ccc(-c3scnc3C)cc2)C(=O)N1. The van der Waals surface area contributed by atoms with E-state index in [1.807, 2.05) is 45.0 Å². The maximum atomic E-state index is 13.9. The van der Waals surface area contributed by atoms with Gasteiger partial charge in [-0.3, -0.25) is 9.59 Å². The molecule has 3 radical (unpaired) electrons. The third kappa shape index (κ3) is 4.75. The van der Waals surface area contributed by atoms with E-state index in [4.69, 9.17) is 12.7 Å². The molecule has 4 heterocycles. The van der Waals surface area contributed by atoms with Crippen molar-refractivity contribution >= 4 is 53.0 Å². The molecule has 0 saturated carbocycles. The van der Waals surface area contributed by atoms with E-state index in [-0.39, 0.29) is 31.3 Å². The van der Waals surface area contributed by atoms with E-state index >= 15 is 0 Å². The van der Waals surface area contributed by atoms with Gasteiger partial charge in [0.05, 0.1) is 28.2 Å². The molecule has 2 saturated heterocycles. The minimum absolute atomic E-state index is 0.00477. The number of aliphatic imine (C=N–C) groups is 1. The Kier molecular flexibility index (Phi) is 7.06. The highest BCUT2D eigenvalue weighted by Gasteiger charge is 2.54. The minimum atomic E-state index is -3.96. The predicted octanol–water partition coefficient (Wildman–Crippen LogP) is 0.957. The number of thiazole rings is 1. The maximum absolute atomic E-state index is 13.9. The summed E-state index contributed by atoms with van der Waals surface area (Å²) >= 11 is 1.54. The zero-order chi connectivity index (χ0) is 28.3. The van der Waals surface area contributed by atoms with Gasteiger partial charge in [0.25, 0.3) is 5.91 Å². The van der Waals surface area contributed by atoms with Crippen molar-refractivity contribution in [3.63, 3.8) is 0 Å². The Balaban J connectivity index is 1.45. The van der Waals surface area contributed by atoms with E-state index in [1.54, 1.807) is 23.8 Å².